The Morgan fingerprint density at radius 1 is 1.50 bits per heavy atom. The topological polar surface area (TPSA) is 52.3 Å². The highest BCUT2D eigenvalue weighted by Crippen LogP contribution is 2.31. The Hall–Kier alpha value is -1.84. The summed E-state index contributed by atoms with van der Waals surface area (Å²) in [7, 11) is 0. The maximum atomic E-state index is 11.4. The number of ether oxygens (including phenoxy) is 1. The highest BCUT2D eigenvalue weighted by molar-refractivity contribution is 5.80. The summed E-state index contributed by atoms with van der Waals surface area (Å²) in [5, 5.41) is 0. The van der Waals surface area contributed by atoms with E-state index in [-0.39, 0.29) is 11.9 Å². The number of hydrogen-bond donors (Lipinski definition) is 0. The quantitative estimate of drug-likeness (QED) is 0.572. The van der Waals surface area contributed by atoms with Crippen molar-refractivity contribution in [2.24, 2.45) is 5.92 Å². The molecule has 0 radical (unpaired) electrons. The van der Waals surface area contributed by atoms with Gasteiger partial charge in [-0.3, -0.25) is 4.79 Å². The fourth-order valence-corrected chi connectivity index (χ4v) is 1.60. The van der Waals surface area contributed by atoms with Crippen LogP contribution in [0, 0.1) is 12.8 Å². The highest BCUT2D eigenvalue weighted by Gasteiger charge is 2.31. The molecule has 1 saturated carbocycles. The maximum Gasteiger partial charge on any atom is 0.314 e. The largest absolute Gasteiger partial charge is 0.441 e. The lowest BCUT2D eigenvalue weighted by atomic mass is 10.3. The molecule has 16 heavy (non-hydrogen) atoms. The minimum absolute atomic E-state index is 0.106. The number of rotatable bonds is 2. The van der Waals surface area contributed by atoms with Gasteiger partial charge in [0.1, 0.15) is 11.3 Å². The Labute approximate surface area is 92.2 Å². The molecule has 1 aliphatic rings. The molecule has 0 amide bonds. The van der Waals surface area contributed by atoms with Gasteiger partial charge < -0.3 is 9.15 Å². The molecule has 0 spiro atoms. The van der Waals surface area contributed by atoms with Crippen LogP contribution in [0.3, 0.4) is 0 Å². The summed E-state index contributed by atoms with van der Waals surface area (Å²) in [4.78, 5) is 15.6. The van der Waals surface area contributed by atoms with Gasteiger partial charge in [-0.25, -0.2) is 4.98 Å². The Kier molecular flexibility index (Phi) is 1.96. The molecule has 4 heteroatoms. The van der Waals surface area contributed by atoms with Crippen molar-refractivity contribution in [1.82, 2.24) is 4.98 Å². The Bertz CT molecular complexity index is 554. The van der Waals surface area contributed by atoms with Crippen molar-refractivity contribution in [2.45, 2.75) is 19.8 Å². The first-order valence-electron chi connectivity index (χ1n) is 5.31. The van der Waals surface area contributed by atoms with Crippen molar-refractivity contribution >= 4 is 17.1 Å². The fraction of sp³-hybridized carbons (Fsp3) is 0.333. The van der Waals surface area contributed by atoms with Gasteiger partial charge in [-0.2, -0.15) is 0 Å². The minimum Gasteiger partial charge on any atom is -0.441 e. The molecule has 0 aliphatic heterocycles. The van der Waals surface area contributed by atoms with Gasteiger partial charge in [0.15, 0.2) is 11.5 Å². The second-order valence-electron chi connectivity index (χ2n) is 4.06. The van der Waals surface area contributed by atoms with Crippen LogP contribution in [0.2, 0.25) is 0 Å². The summed E-state index contributed by atoms with van der Waals surface area (Å²) in [5.74, 6) is 1.12. The Morgan fingerprint density at radius 2 is 2.31 bits per heavy atom. The van der Waals surface area contributed by atoms with Crippen molar-refractivity contribution < 1.29 is 13.9 Å². The lowest BCUT2D eigenvalue weighted by Gasteiger charge is -2.01. The number of oxazole rings is 1. The van der Waals surface area contributed by atoms with Gasteiger partial charge >= 0.3 is 5.97 Å². The Balaban J connectivity index is 1.88. The van der Waals surface area contributed by atoms with Crippen LogP contribution in [-0.2, 0) is 4.79 Å². The molecule has 0 atom stereocenters. The monoisotopic (exact) mass is 217 g/mol. The van der Waals surface area contributed by atoms with Crippen molar-refractivity contribution in [3.63, 3.8) is 0 Å². The molecule has 1 aliphatic carbocycles. The van der Waals surface area contributed by atoms with Crippen LogP contribution in [0.15, 0.2) is 22.6 Å². The van der Waals surface area contributed by atoms with E-state index >= 15 is 0 Å². The molecule has 4 nitrogen and oxygen atoms in total. The molecule has 82 valence electrons. The third-order valence-corrected chi connectivity index (χ3v) is 2.60. The first-order chi connectivity index (χ1) is 7.72. The summed E-state index contributed by atoms with van der Waals surface area (Å²) in [6.45, 7) is 1.79. The van der Waals surface area contributed by atoms with Crippen LogP contribution in [-0.4, -0.2) is 11.0 Å². The first-order valence-corrected chi connectivity index (χ1v) is 5.31. The van der Waals surface area contributed by atoms with Gasteiger partial charge in [-0.1, -0.05) is 0 Å². The number of aryl methyl sites for hydroxylation is 1. The SMILES string of the molecule is Cc1nc2cc(OC(=O)C3CC3)ccc2o1. The van der Waals surface area contributed by atoms with E-state index in [1.165, 1.54) is 0 Å². The predicted molar refractivity (Wildman–Crippen MR) is 57.1 cm³/mol. The third-order valence-electron chi connectivity index (χ3n) is 2.60. The summed E-state index contributed by atoms with van der Waals surface area (Å²) in [5.41, 5.74) is 1.43. The van der Waals surface area contributed by atoms with Crippen molar-refractivity contribution in [2.75, 3.05) is 0 Å². The van der Waals surface area contributed by atoms with Crippen LogP contribution < -0.4 is 4.74 Å². The van der Waals surface area contributed by atoms with Crippen LogP contribution in [0.5, 0.6) is 5.75 Å². The number of carbonyl (C=O) groups is 1. The molecule has 1 aromatic carbocycles. The molecule has 0 saturated heterocycles. The molecule has 1 heterocycles. The summed E-state index contributed by atoms with van der Waals surface area (Å²) >= 11 is 0. The van der Waals surface area contributed by atoms with Gasteiger partial charge in [-0.05, 0) is 25.0 Å². The number of aromatic nitrogens is 1. The van der Waals surface area contributed by atoms with E-state index in [2.05, 4.69) is 4.98 Å². The molecule has 0 bridgehead atoms. The van der Waals surface area contributed by atoms with E-state index in [1.54, 1.807) is 25.1 Å². The molecule has 1 fully saturated rings. The van der Waals surface area contributed by atoms with Crippen LogP contribution >= 0.6 is 0 Å². The van der Waals surface area contributed by atoms with Crippen LogP contribution in [0.4, 0.5) is 0 Å². The number of benzene rings is 1. The number of esters is 1. The minimum atomic E-state index is -0.139. The standard InChI is InChI=1S/C12H11NO3/c1-7-13-10-6-9(4-5-11(10)15-7)16-12(14)8-2-3-8/h4-6,8H,2-3H2,1H3. The van der Waals surface area contributed by atoms with E-state index in [4.69, 9.17) is 9.15 Å². The van der Waals surface area contributed by atoms with Gasteiger partial charge in [0.2, 0.25) is 0 Å². The summed E-state index contributed by atoms with van der Waals surface area (Å²) in [6, 6.07) is 5.23. The zero-order valence-electron chi connectivity index (χ0n) is 8.90. The van der Waals surface area contributed by atoms with Crippen molar-refractivity contribution in [1.29, 1.82) is 0 Å². The summed E-state index contributed by atoms with van der Waals surface area (Å²) in [6.07, 6.45) is 1.90. The van der Waals surface area contributed by atoms with Crippen LogP contribution in [0.1, 0.15) is 18.7 Å². The number of nitrogens with zero attached hydrogens (tertiary/aromatic N) is 1. The number of fused-ring (bicyclic) bond motifs is 1. The molecule has 2 aromatic rings. The van der Waals surface area contributed by atoms with E-state index in [0.717, 1.165) is 18.4 Å². The smallest absolute Gasteiger partial charge is 0.314 e. The summed E-state index contributed by atoms with van der Waals surface area (Å²) < 4.78 is 10.6. The number of hydrogen-bond acceptors (Lipinski definition) is 4. The molecular formula is C12H11NO3. The molecule has 1 aromatic heterocycles. The van der Waals surface area contributed by atoms with Gasteiger partial charge in [0.25, 0.3) is 0 Å². The highest BCUT2D eigenvalue weighted by atomic mass is 16.5. The second kappa shape index (κ2) is 3.33. The predicted octanol–water partition coefficient (Wildman–Crippen LogP) is 2.45. The molecule has 3 rings (SSSR count). The van der Waals surface area contributed by atoms with Gasteiger partial charge in [0.05, 0.1) is 5.92 Å². The lowest BCUT2D eigenvalue weighted by molar-refractivity contribution is -0.135. The van der Waals surface area contributed by atoms with Crippen molar-refractivity contribution in [3.05, 3.63) is 24.1 Å². The fourth-order valence-electron chi connectivity index (χ4n) is 1.60. The zero-order valence-corrected chi connectivity index (χ0v) is 8.90. The van der Waals surface area contributed by atoms with E-state index in [0.29, 0.717) is 17.2 Å². The lowest BCUT2D eigenvalue weighted by Crippen LogP contribution is -2.09. The Morgan fingerprint density at radius 3 is 3.06 bits per heavy atom. The van der Waals surface area contributed by atoms with E-state index in [9.17, 15) is 4.79 Å². The zero-order chi connectivity index (χ0) is 11.1. The number of carbonyl (C=O) groups excluding carboxylic acids is 1. The molecule has 0 unspecified atom stereocenters. The average molecular weight is 217 g/mol. The second-order valence-corrected chi connectivity index (χ2v) is 4.06. The maximum absolute atomic E-state index is 11.4. The normalized spacial score (nSPS) is 15.3. The van der Waals surface area contributed by atoms with Crippen LogP contribution in [0.25, 0.3) is 11.1 Å². The molecule has 0 N–H and O–H groups in total. The first kappa shape index (κ1) is 9.39. The van der Waals surface area contributed by atoms with Gasteiger partial charge in [-0.15, -0.1) is 0 Å². The van der Waals surface area contributed by atoms with Gasteiger partial charge in [0, 0.05) is 13.0 Å². The molecular weight excluding hydrogens is 206 g/mol. The third kappa shape index (κ3) is 1.66. The van der Waals surface area contributed by atoms with E-state index in [1.807, 2.05) is 0 Å². The van der Waals surface area contributed by atoms with E-state index < -0.39 is 0 Å². The average Bonchev–Trinajstić information content (AvgIpc) is 3.01. The van der Waals surface area contributed by atoms with Crippen molar-refractivity contribution in [3.8, 4) is 5.75 Å².